The number of hydrogen-bond donors (Lipinski definition) is 1. The van der Waals surface area contributed by atoms with E-state index in [1.54, 1.807) is 12.1 Å². The van der Waals surface area contributed by atoms with Crippen molar-refractivity contribution in [2.45, 2.75) is 33.1 Å². The molecule has 0 atom stereocenters. The highest BCUT2D eigenvalue weighted by Crippen LogP contribution is 2.16. The number of carbonyl (C=O) groups excluding carboxylic acids is 1. The molecule has 1 rings (SSSR count). The van der Waals surface area contributed by atoms with Gasteiger partial charge in [0, 0.05) is 6.54 Å². The molecule has 0 saturated heterocycles. The lowest BCUT2D eigenvalue weighted by Gasteiger charge is -2.07. The summed E-state index contributed by atoms with van der Waals surface area (Å²) in [6.07, 6.45) is 3.27. The van der Waals surface area contributed by atoms with Crippen molar-refractivity contribution in [3.8, 4) is 0 Å². The fraction of sp³-hybridized carbons (Fsp3) is 0.538. The van der Waals surface area contributed by atoms with Gasteiger partial charge in [0.2, 0.25) is 0 Å². The highest BCUT2D eigenvalue weighted by atomic mass is 35.5. The molecular formula is C13H18Cl2N2O. The highest BCUT2D eigenvalue weighted by molar-refractivity contribution is 6.34. The molecular weight excluding hydrogens is 271 g/mol. The van der Waals surface area contributed by atoms with E-state index in [0.717, 1.165) is 12.8 Å². The number of hydrogen-bond acceptors (Lipinski definition) is 2. The third kappa shape index (κ3) is 5.23. The number of aromatic nitrogens is 1. The van der Waals surface area contributed by atoms with E-state index in [2.05, 4.69) is 24.1 Å². The summed E-state index contributed by atoms with van der Waals surface area (Å²) in [5.41, 5.74) is 0.366. The molecule has 0 aromatic carbocycles. The lowest BCUT2D eigenvalue weighted by atomic mass is 10.1. The summed E-state index contributed by atoms with van der Waals surface area (Å²) in [5.74, 6) is 0.504. The number of rotatable bonds is 6. The zero-order valence-electron chi connectivity index (χ0n) is 10.7. The van der Waals surface area contributed by atoms with Crippen LogP contribution in [0.25, 0.3) is 0 Å². The normalized spacial score (nSPS) is 10.7. The van der Waals surface area contributed by atoms with E-state index in [9.17, 15) is 4.79 Å². The van der Waals surface area contributed by atoms with Gasteiger partial charge in [-0.2, -0.15) is 0 Å². The largest absolute Gasteiger partial charge is 0.352 e. The Balaban J connectivity index is 2.36. The molecule has 0 spiro atoms. The van der Waals surface area contributed by atoms with Crippen molar-refractivity contribution in [2.75, 3.05) is 6.54 Å². The van der Waals surface area contributed by atoms with E-state index in [1.165, 1.54) is 6.42 Å². The second kappa shape index (κ2) is 7.59. The summed E-state index contributed by atoms with van der Waals surface area (Å²) in [5, 5.41) is 3.25. The second-order valence-corrected chi connectivity index (χ2v) is 5.36. The van der Waals surface area contributed by atoms with Gasteiger partial charge in [-0.1, -0.05) is 49.9 Å². The monoisotopic (exact) mass is 288 g/mol. The fourth-order valence-corrected chi connectivity index (χ4v) is 1.99. The van der Waals surface area contributed by atoms with Gasteiger partial charge in [0.05, 0.1) is 5.56 Å². The first kappa shape index (κ1) is 15.3. The summed E-state index contributed by atoms with van der Waals surface area (Å²) in [7, 11) is 0. The number of unbranched alkanes of at least 4 members (excludes halogenated alkanes) is 1. The van der Waals surface area contributed by atoms with Crippen LogP contribution in [0.4, 0.5) is 0 Å². The van der Waals surface area contributed by atoms with Gasteiger partial charge in [0.25, 0.3) is 5.91 Å². The van der Waals surface area contributed by atoms with Crippen molar-refractivity contribution in [3.63, 3.8) is 0 Å². The summed E-state index contributed by atoms with van der Waals surface area (Å²) in [6.45, 7) is 5.04. The lowest BCUT2D eigenvalue weighted by molar-refractivity contribution is 0.0952. The Morgan fingerprint density at radius 2 is 2.06 bits per heavy atom. The quantitative estimate of drug-likeness (QED) is 0.636. The van der Waals surface area contributed by atoms with Crippen molar-refractivity contribution in [1.82, 2.24) is 10.3 Å². The first-order valence-electron chi connectivity index (χ1n) is 6.11. The van der Waals surface area contributed by atoms with Crippen molar-refractivity contribution in [1.29, 1.82) is 0 Å². The molecule has 1 heterocycles. The average Bonchev–Trinajstić information content (AvgIpc) is 2.27. The highest BCUT2D eigenvalue weighted by Gasteiger charge is 2.11. The van der Waals surface area contributed by atoms with Gasteiger partial charge in [0.1, 0.15) is 10.3 Å². The van der Waals surface area contributed by atoms with Gasteiger partial charge in [-0.15, -0.1) is 0 Å². The molecule has 0 aliphatic carbocycles. The average molecular weight is 289 g/mol. The minimum Gasteiger partial charge on any atom is -0.352 e. The Hall–Kier alpha value is -0.800. The van der Waals surface area contributed by atoms with E-state index < -0.39 is 0 Å². The molecule has 1 aromatic heterocycles. The van der Waals surface area contributed by atoms with Gasteiger partial charge >= 0.3 is 0 Å². The van der Waals surface area contributed by atoms with Gasteiger partial charge < -0.3 is 5.32 Å². The van der Waals surface area contributed by atoms with E-state index in [0.29, 0.717) is 18.0 Å². The molecule has 100 valence electrons. The maximum atomic E-state index is 11.8. The molecule has 18 heavy (non-hydrogen) atoms. The zero-order chi connectivity index (χ0) is 13.5. The number of nitrogens with one attached hydrogen (secondary N) is 1. The van der Waals surface area contributed by atoms with Gasteiger partial charge in [0.15, 0.2) is 0 Å². The van der Waals surface area contributed by atoms with Gasteiger partial charge in [-0.3, -0.25) is 4.79 Å². The molecule has 5 heteroatoms. The van der Waals surface area contributed by atoms with Crippen LogP contribution in [0.3, 0.4) is 0 Å². The SMILES string of the molecule is CC(C)CCCCNC(=O)c1ccc(Cl)nc1Cl. The Morgan fingerprint density at radius 1 is 1.33 bits per heavy atom. The van der Waals surface area contributed by atoms with Crippen LogP contribution < -0.4 is 5.32 Å². The standard InChI is InChI=1S/C13H18Cl2N2O/c1-9(2)5-3-4-8-16-13(18)10-6-7-11(14)17-12(10)15/h6-7,9H,3-5,8H2,1-2H3,(H,16,18). The van der Waals surface area contributed by atoms with Crippen LogP contribution in [-0.2, 0) is 0 Å². The number of amides is 1. The van der Waals surface area contributed by atoms with Crippen LogP contribution in [0.15, 0.2) is 12.1 Å². The number of nitrogens with zero attached hydrogens (tertiary/aromatic N) is 1. The van der Waals surface area contributed by atoms with Crippen LogP contribution >= 0.6 is 23.2 Å². The smallest absolute Gasteiger partial charge is 0.254 e. The molecule has 0 fully saturated rings. The Morgan fingerprint density at radius 3 is 2.67 bits per heavy atom. The predicted octanol–water partition coefficient (Wildman–Crippen LogP) is 3.94. The first-order chi connectivity index (χ1) is 8.50. The third-order valence-electron chi connectivity index (χ3n) is 2.55. The molecule has 3 nitrogen and oxygen atoms in total. The summed E-state index contributed by atoms with van der Waals surface area (Å²) >= 11 is 11.5. The Kier molecular flexibility index (Phi) is 6.44. The van der Waals surface area contributed by atoms with Gasteiger partial charge in [-0.25, -0.2) is 4.98 Å². The van der Waals surface area contributed by atoms with Crippen molar-refractivity contribution >= 4 is 29.1 Å². The Bertz CT molecular complexity index is 408. The molecule has 1 aromatic rings. The topological polar surface area (TPSA) is 42.0 Å². The molecule has 0 saturated carbocycles. The van der Waals surface area contributed by atoms with Crippen LogP contribution in [-0.4, -0.2) is 17.4 Å². The minimum absolute atomic E-state index is 0.141. The van der Waals surface area contributed by atoms with E-state index >= 15 is 0 Å². The van der Waals surface area contributed by atoms with Crippen LogP contribution in [0.5, 0.6) is 0 Å². The van der Waals surface area contributed by atoms with E-state index in [-0.39, 0.29) is 16.2 Å². The summed E-state index contributed by atoms with van der Waals surface area (Å²) in [6, 6.07) is 3.14. The number of carbonyl (C=O) groups is 1. The molecule has 0 bridgehead atoms. The third-order valence-corrected chi connectivity index (χ3v) is 3.05. The maximum Gasteiger partial charge on any atom is 0.254 e. The van der Waals surface area contributed by atoms with Crippen molar-refractivity contribution in [2.24, 2.45) is 5.92 Å². The molecule has 0 unspecified atom stereocenters. The zero-order valence-corrected chi connectivity index (χ0v) is 12.2. The fourth-order valence-electron chi connectivity index (χ4n) is 1.56. The van der Waals surface area contributed by atoms with E-state index in [1.807, 2.05) is 0 Å². The second-order valence-electron chi connectivity index (χ2n) is 4.62. The summed E-state index contributed by atoms with van der Waals surface area (Å²) < 4.78 is 0. The molecule has 0 aliphatic heterocycles. The maximum absolute atomic E-state index is 11.8. The molecule has 0 aliphatic rings. The van der Waals surface area contributed by atoms with Crippen molar-refractivity contribution < 1.29 is 4.79 Å². The Labute approximate surface area is 118 Å². The minimum atomic E-state index is -0.200. The predicted molar refractivity (Wildman–Crippen MR) is 75.3 cm³/mol. The number of pyridine rings is 1. The van der Waals surface area contributed by atoms with Crippen molar-refractivity contribution in [3.05, 3.63) is 28.0 Å². The van der Waals surface area contributed by atoms with Crippen LogP contribution in [0, 0.1) is 5.92 Å². The summed E-state index contributed by atoms with van der Waals surface area (Å²) in [4.78, 5) is 15.6. The van der Waals surface area contributed by atoms with Crippen LogP contribution in [0.2, 0.25) is 10.3 Å². The first-order valence-corrected chi connectivity index (χ1v) is 6.86. The lowest BCUT2D eigenvalue weighted by Crippen LogP contribution is -2.25. The molecule has 1 N–H and O–H groups in total. The number of halogens is 2. The van der Waals surface area contributed by atoms with Crippen LogP contribution in [0.1, 0.15) is 43.5 Å². The van der Waals surface area contributed by atoms with E-state index in [4.69, 9.17) is 23.2 Å². The molecule has 0 radical (unpaired) electrons. The van der Waals surface area contributed by atoms with Gasteiger partial charge in [-0.05, 0) is 24.5 Å². The molecule has 1 amide bonds.